The van der Waals surface area contributed by atoms with E-state index in [0.29, 0.717) is 12.1 Å². The third-order valence-electron chi connectivity index (χ3n) is 6.14. The highest BCUT2D eigenvalue weighted by Gasteiger charge is 2.20. The van der Waals surface area contributed by atoms with Crippen LogP contribution in [0.2, 0.25) is 0 Å². The van der Waals surface area contributed by atoms with Crippen molar-refractivity contribution in [2.75, 3.05) is 10.6 Å². The van der Waals surface area contributed by atoms with E-state index >= 15 is 0 Å². The number of hydrogen-bond acceptors (Lipinski definition) is 10. The molecule has 0 atom stereocenters. The average Bonchev–Trinajstić information content (AvgIpc) is 3.78. The van der Waals surface area contributed by atoms with Crippen LogP contribution >= 0.6 is 0 Å². The van der Waals surface area contributed by atoms with E-state index < -0.39 is 16.9 Å². The lowest BCUT2D eigenvalue weighted by atomic mass is 10.2. The summed E-state index contributed by atoms with van der Waals surface area (Å²) in [4.78, 5) is 76.4. The number of aromatic carboxylic acids is 2. The second kappa shape index (κ2) is 19.6. The molecule has 4 aromatic rings. The minimum Gasteiger partial charge on any atom is -0.475 e. The van der Waals surface area contributed by atoms with Gasteiger partial charge in [-0.25, -0.2) is 19.6 Å². The van der Waals surface area contributed by atoms with E-state index in [1.54, 1.807) is 31.8 Å². The van der Waals surface area contributed by atoms with Crippen LogP contribution in [0.25, 0.3) is 0 Å². The van der Waals surface area contributed by atoms with Crippen LogP contribution < -0.4 is 10.6 Å². The van der Waals surface area contributed by atoms with Gasteiger partial charge in [0.15, 0.2) is 11.6 Å². The maximum atomic E-state index is 12.0. The molecule has 272 valence electrons. The highest BCUT2D eigenvalue weighted by Crippen LogP contribution is 2.12. The van der Waals surface area contributed by atoms with E-state index in [-0.39, 0.29) is 52.5 Å². The summed E-state index contributed by atoms with van der Waals surface area (Å²) in [6, 6.07) is 1.75. The minimum atomic E-state index is -1.14. The zero-order valence-corrected chi connectivity index (χ0v) is 29.5. The lowest BCUT2D eigenvalue weighted by molar-refractivity contribution is -0.389. The number of rotatable bonds is 10. The molecule has 0 unspecified atom stereocenters. The van der Waals surface area contributed by atoms with Gasteiger partial charge in [0, 0.05) is 60.1 Å². The Bertz CT molecular complexity index is 1810. The summed E-state index contributed by atoms with van der Waals surface area (Å²) >= 11 is 0. The van der Waals surface area contributed by atoms with E-state index in [1.165, 1.54) is 52.7 Å². The molecule has 0 aromatic carbocycles. The van der Waals surface area contributed by atoms with Gasteiger partial charge in [-0.2, -0.15) is 0 Å². The molecule has 0 aliphatic carbocycles. The molecule has 0 spiro atoms. The van der Waals surface area contributed by atoms with E-state index in [1.807, 2.05) is 20.0 Å². The molecule has 4 rings (SSSR count). The summed E-state index contributed by atoms with van der Waals surface area (Å²) in [7, 11) is 6.43. The number of aryl methyl sites for hydroxylation is 5. The number of unbranched alkanes of at least 4 members (excludes halogenated alkanes) is 1. The van der Waals surface area contributed by atoms with Crippen LogP contribution in [0.5, 0.6) is 0 Å². The fourth-order valence-electron chi connectivity index (χ4n) is 3.99. The first-order chi connectivity index (χ1) is 23.4. The average molecular weight is 701 g/mol. The second-order valence-electron chi connectivity index (χ2n) is 10.9. The number of amides is 2. The summed E-state index contributed by atoms with van der Waals surface area (Å²) in [6.45, 7) is 9.45. The van der Waals surface area contributed by atoms with Crippen LogP contribution in [0.1, 0.15) is 101 Å². The van der Waals surface area contributed by atoms with Crippen molar-refractivity contribution in [3.05, 3.63) is 69.7 Å². The Morgan fingerprint density at radius 3 is 1.60 bits per heavy atom. The molecule has 0 radical (unpaired) electrons. The first-order valence-corrected chi connectivity index (χ1v) is 15.3. The van der Waals surface area contributed by atoms with Gasteiger partial charge in [0.25, 0.3) is 11.7 Å². The highest BCUT2D eigenvalue weighted by molar-refractivity contribution is 6.03. The molecule has 2 amide bonds. The number of aromatic nitrogens is 7. The topological polar surface area (TPSA) is 251 Å². The van der Waals surface area contributed by atoms with Crippen LogP contribution in [0.3, 0.4) is 0 Å². The molecule has 0 aliphatic heterocycles. The Hall–Kier alpha value is -6.14. The van der Waals surface area contributed by atoms with Gasteiger partial charge in [-0.1, -0.05) is 33.6 Å². The van der Waals surface area contributed by atoms with Crippen LogP contribution in [0.4, 0.5) is 17.5 Å². The fraction of sp³-hybridized carbons (Fsp3) is 0.419. The van der Waals surface area contributed by atoms with Crippen molar-refractivity contribution >= 4 is 47.0 Å². The standard InChI is InChI=1S/C12H14N4O3.C10H15N3O3.C6H7N3O3.C3H8/c1-7-4-8(15(2)5-7)11(17)14-9-6-16(3)10(13-9)12(18)19;1-3-4-5-8(14)11-7-6-13(2)9(12-7)10(15)16;1-4(10)6-7-5(9(11)12)3-8(6)2;1-3-2/h4-6H,1-3H3,(H,14,17)(H,18,19);6H,3-5H2,1-2H3,(H,11,14)(H,15,16);3H,1-2H3;3H2,1-2H3. The summed E-state index contributed by atoms with van der Waals surface area (Å²) in [5, 5.41) is 33.0. The van der Waals surface area contributed by atoms with Crippen molar-refractivity contribution in [3.63, 3.8) is 0 Å². The van der Waals surface area contributed by atoms with E-state index in [4.69, 9.17) is 10.2 Å². The number of carbonyl (C=O) groups excluding carboxylic acids is 3. The van der Waals surface area contributed by atoms with Crippen molar-refractivity contribution in [1.82, 2.24) is 33.2 Å². The number of ketones is 1. The fourth-order valence-corrected chi connectivity index (χ4v) is 3.99. The van der Waals surface area contributed by atoms with Gasteiger partial charge < -0.3 is 49.2 Å². The Labute approximate surface area is 288 Å². The summed E-state index contributed by atoms with van der Waals surface area (Å²) in [5.74, 6) is -2.94. The molecule has 4 heterocycles. The van der Waals surface area contributed by atoms with Crippen molar-refractivity contribution < 1.29 is 39.1 Å². The van der Waals surface area contributed by atoms with Crippen molar-refractivity contribution in [2.24, 2.45) is 28.2 Å². The SMILES string of the molecule is CC(=O)c1nc([N+](=O)[O-])cn1C.CCC.CCCCC(=O)Nc1cn(C)c(C(=O)O)n1.Cc1cc(C(=O)Nc2cn(C)c(C(=O)O)n2)n(C)c1. The molecule has 0 saturated heterocycles. The van der Waals surface area contributed by atoms with Gasteiger partial charge >= 0.3 is 17.8 Å². The largest absolute Gasteiger partial charge is 0.475 e. The van der Waals surface area contributed by atoms with Gasteiger partial charge in [0.2, 0.25) is 23.3 Å². The van der Waals surface area contributed by atoms with Gasteiger partial charge in [-0.3, -0.25) is 14.4 Å². The third-order valence-corrected chi connectivity index (χ3v) is 6.14. The summed E-state index contributed by atoms with van der Waals surface area (Å²) in [6.07, 6.45) is 9.40. The second-order valence-corrected chi connectivity index (χ2v) is 10.9. The number of hydrogen-bond donors (Lipinski definition) is 4. The maximum Gasteiger partial charge on any atom is 0.382 e. The number of carboxylic acids is 2. The van der Waals surface area contributed by atoms with Gasteiger partial charge in [-0.15, -0.1) is 0 Å². The molecule has 0 bridgehead atoms. The number of nitrogens with zero attached hydrogens (tertiary/aromatic N) is 8. The van der Waals surface area contributed by atoms with Crippen LogP contribution in [0.15, 0.2) is 30.9 Å². The Morgan fingerprint density at radius 2 is 1.26 bits per heavy atom. The first kappa shape index (κ1) is 41.9. The van der Waals surface area contributed by atoms with E-state index in [9.17, 15) is 34.1 Å². The zero-order valence-electron chi connectivity index (χ0n) is 29.5. The van der Waals surface area contributed by atoms with Crippen LogP contribution in [-0.2, 0) is 33.0 Å². The third kappa shape index (κ3) is 12.8. The number of nitro groups is 1. The summed E-state index contributed by atoms with van der Waals surface area (Å²) < 4.78 is 5.73. The molecule has 50 heavy (non-hydrogen) atoms. The predicted octanol–water partition coefficient (Wildman–Crippen LogP) is 4.21. The monoisotopic (exact) mass is 700 g/mol. The number of carbonyl (C=O) groups is 5. The Morgan fingerprint density at radius 1 is 0.780 bits per heavy atom. The molecule has 0 saturated carbocycles. The number of Topliss-reactive ketones (excluding diaryl/α,β-unsaturated/α-hetero) is 1. The molecule has 19 nitrogen and oxygen atoms in total. The molecular formula is C31H44N10O9. The molecule has 0 aliphatic rings. The Kier molecular flexibility index (Phi) is 16.4. The highest BCUT2D eigenvalue weighted by atomic mass is 16.6. The van der Waals surface area contributed by atoms with Gasteiger partial charge in [-0.05, 0) is 34.9 Å². The lowest BCUT2D eigenvalue weighted by Crippen LogP contribution is -2.15. The quantitative estimate of drug-likeness (QED) is 0.103. The smallest absolute Gasteiger partial charge is 0.382 e. The Balaban J connectivity index is 0.000000369. The van der Waals surface area contributed by atoms with Crippen LogP contribution in [-0.4, -0.2) is 77.9 Å². The van der Waals surface area contributed by atoms with Crippen molar-refractivity contribution in [3.8, 4) is 0 Å². The predicted molar refractivity (Wildman–Crippen MR) is 182 cm³/mol. The molecule has 4 aromatic heterocycles. The maximum absolute atomic E-state index is 12.0. The van der Waals surface area contributed by atoms with Crippen molar-refractivity contribution in [1.29, 1.82) is 0 Å². The molecule has 0 fully saturated rings. The summed E-state index contributed by atoms with van der Waals surface area (Å²) in [5.41, 5.74) is 1.46. The molecule has 4 N–H and O–H groups in total. The van der Waals surface area contributed by atoms with Gasteiger partial charge in [0.05, 0.1) is 0 Å². The van der Waals surface area contributed by atoms with Crippen LogP contribution in [0, 0.1) is 17.0 Å². The van der Waals surface area contributed by atoms with E-state index in [2.05, 4.69) is 39.4 Å². The minimum absolute atomic E-state index is 0.0919. The first-order valence-electron chi connectivity index (χ1n) is 15.3. The molecular weight excluding hydrogens is 656 g/mol. The lowest BCUT2D eigenvalue weighted by Gasteiger charge is -2.02. The number of imidazole rings is 3. The molecule has 19 heteroatoms. The van der Waals surface area contributed by atoms with Gasteiger partial charge in [0.1, 0.15) is 11.9 Å². The number of carboxylic acid groups (broad SMARTS) is 2. The normalized spacial score (nSPS) is 9.94. The number of anilines is 2. The van der Waals surface area contributed by atoms with E-state index in [0.717, 1.165) is 18.4 Å². The number of nitrogens with one attached hydrogen (secondary N) is 2. The van der Waals surface area contributed by atoms with Crippen molar-refractivity contribution in [2.45, 2.75) is 60.3 Å². The zero-order chi connectivity index (χ0) is 38.3.